The van der Waals surface area contributed by atoms with E-state index in [1.807, 2.05) is 6.07 Å². The summed E-state index contributed by atoms with van der Waals surface area (Å²) in [6.45, 7) is 0. The fourth-order valence-corrected chi connectivity index (χ4v) is 1.26. The van der Waals surface area contributed by atoms with Crippen LogP contribution in [0.1, 0.15) is 5.56 Å². The van der Waals surface area contributed by atoms with Crippen LogP contribution in [-0.4, -0.2) is 0 Å². The van der Waals surface area contributed by atoms with Crippen LogP contribution < -0.4 is 5.73 Å². The van der Waals surface area contributed by atoms with Crippen molar-refractivity contribution in [1.82, 2.24) is 0 Å². The van der Waals surface area contributed by atoms with Gasteiger partial charge in [0.05, 0.1) is 16.3 Å². The van der Waals surface area contributed by atoms with Crippen molar-refractivity contribution in [2.45, 2.75) is 0 Å². The van der Waals surface area contributed by atoms with Crippen molar-refractivity contribution in [3.63, 3.8) is 0 Å². The van der Waals surface area contributed by atoms with Gasteiger partial charge in [0, 0.05) is 4.47 Å². The summed E-state index contributed by atoms with van der Waals surface area (Å²) in [6.07, 6.45) is 0. The van der Waals surface area contributed by atoms with Crippen LogP contribution >= 0.6 is 27.5 Å². The average Bonchev–Trinajstić information content (AvgIpc) is 1.97. The van der Waals surface area contributed by atoms with Crippen LogP contribution in [0.5, 0.6) is 0 Å². The SMILES string of the molecule is N#Cc1cc(Cl)c(N)cc1Br. The van der Waals surface area contributed by atoms with E-state index in [0.717, 1.165) is 0 Å². The third-order valence-electron chi connectivity index (χ3n) is 1.21. The molecular weight excluding hydrogens is 227 g/mol. The molecule has 0 amide bonds. The van der Waals surface area contributed by atoms with E-state index in [-0.39, 0.29) is 0 Å². The highest BCUT2D eigenvalue weighted by Crippen LogP contribution is 2.26. The lowest BCUT2D eigenvalue weighted by molar-refractivity contribution is 1.47. The molecule has 0 aromatic heterocycles. The molecule has 0 unspecified atom stereocenters. The van der Waals surface area contributed by atoms with Crippen molar-refractivity contribution in [2.24, 2.45) is 0 Å². The smallest absolute Gasteiger partial charge is 0.100 e. The number of nitrogen functional groups attached to an aromatic ring is 1. The highest BCUT2D eigenvalue weighted by molar-refractivity contribution is 9.10. The van der Waals surface area contributed by atoms with Gasteiger partial charge in [-0.15, -0.1) is 0 Å². The summed E-state index contributed by atoms with van der Waals surface area (Å²) in [4.78, 5) is 0. The molecule has 1 aromatic rings. The molecule has 0 aliphatic heterocycles. The van der Waals surface area contributed by atoms with Crippen LogP contribution in [0.2, 0.25) is 5.02 Å². The van der Waals surface area contributed by atoms with Gasteiger partial charge in [0.15, 0.2) is 0 Å². The molecule has 0 radical (unpaired) electrons. The third-order valence-corrected chi connectivity index (χ3v) is 2.19. The van der Waals surface area contributed by atoms with E-state index < -0.39 is 0 Å². The predicted molar refractivity (Wildman–Crippen MR) is 48.3 cm³/mol. The van der Waals surface area contributed by atoms with E-state index in [2.05, 4.69) is 15.9 Å². The second kappa shape index (κ2) is 3.12. The summed E-state index contributed by atoms with van der Waals surface area (Å²) in [5, 5.41) is 8.96. The normalized spacial score (nSPS) is 9.18. The number of anilines is 1. The summed E-state index contributed by atoms with van der Waals surface area (Å²) in [5.74, 6) is 0. The standard InChI is InChI=1S/C7H4BrClN2/c8-5-2-7(11)6(9)1-4(5)3-10/h1-2H,11H2. The fraction of sp³-hybridized carbons (Fsp3) is 0. The summed E-state index contributed by atoms with van der Waals surface area (Å²) in [5.41, 5.74) is 6.43. The van der Waals surface area contributed by atoms with Crippen molar-refractivity contribution in [2.75, 3.05) is 5.73 Å². The highest BCUT2D eigenvalue weighted by Gasteiger charge is 2.02. The monoisotopic (exact) mass is 230 g/mol. The molecule has 0 aliphatic carbocycles. The van der Waals surface area contributed by atoms with E-state index in [0.29, 0.717) is 20.7 Å². The van der Waals surface area contributed by atoms with Crippen LogP contribution in [0.4, 0.5) is 5.69 Å². The first-order valence-electron chi connectivity index (χ1n) is 2.79. The minimum absolute atomic E-state index is 0.407. The van der Waals surface area contributed by atoms with Gasteiger partial charge >= 0.3 is 0 Å². The van der Waals surface area contributed by atoms with Gasteiger partial charge in [-0.05, 0) is 28.1 Å². The van der Waals surface area contributed by atoms with Gasteiger partial charge in [-0.1, -0.05) is 11.6 Å². The molecule has 4 heteroatoms. The molecule has 0 spiro atoms. The molecule has 2 N–H and O–H groups in total. The molecule has 0 heterocycles. The Bertz CT molecular complexity index is 330. The Balaban J connectivity index is 3.35. The Morgan fingerprint density at radius 1 is 1.55 bits per heavy atom. The van der Waals surface area contributed by atoms with E-state index >= 15 is 0 Å². The zero-order chi connectivity index (χ0) is 8.43. The first kappa shape index (κ1) is 8.38. The van der Waals surface area contributed by atoms with Crippen LogP contribution in [0.25, 0.3) is 0 Å². The Hall–Kier alpha value is -0.720. The maximum Gasteiger partial charge on any atom is 0.100 e. The Morgan fingerprint density at radius 3 is 2.73 bits per heavy atom. The zero-order valence-corrected chi connectivity index (χ0v) is 7.78. The van der Waals surface area contributed by atoms with Crippen LogP contribution in [-0.2, 0) is 0 Å². The minimum atomic E-state index is 0.407. The number of nitrogens with two attached hydrogens (primary N) is 1. The number of hydrogen-bond donors (Lipinski definition) is 1. The lowest BCUT2D eigenvalue weighted by Gasteiger charge is -1.99. The Labute approximate surface area is 77.7 Å². The zero-order valence-electron chi connectivity index (χ0n) is 5.44. The third kappa shape index (κ3) is 1.65. The van der Waals surface area contributed by atoms with Gasteiger partial charge in [-0.2, -0.15) is 5.26 Å². The second-order valence-electron chi connectivity index (χ2n) is 1.97. The van der Waals surface area contributed by atoms with Gasteiger partial charge in [-0.3, -0.25) is 0 Å². The lowest BCUT2D eigenvalue weighted by atomic mass is 10.2. The molecular formula is C7H4BrClN2. The number of rotatable bonds is 0. The summed E-state index contributed by atoms with van der Waals surface area (Å²) < 4.78 is 0.668. The topological polar surface area (TPSA) is 49.8 Å². The largest absolute Gasteiger partial charge is 0.397 e. The highest BCUT2D eigenvalue weighted by atomic mass is 79.9. The van der Waals surface area contributed by atoms with Gasteiger partial charge in [0.25, 0.3) is 0 Å². The van der Waals surface area contributed by atoms with Crippen molar-refractivity contribution in [3.8, 4) is 6.07 Å². The number of hydrogen-bond acceptors (Lipinski definition) is 2. The van der Waals surface area contributed by atoms with Gasteiger partial charge in [0.1, 0.15) is 6.07 Å². The molecule has 1 aromatic carbocycles. The number of nitrogens with zero attached hydrogens (tertiary/aromatic N) is 1. The van der Waals surface area contributed by atoms with Crippen LogP contribution in [0.3, 0.4) is 0 Å². The van der Waals surface area contributed by atoms with Crippen molar-refractivity contribution < 1.29 is 0 Å². The van der Waals surface area contributed by atoms with E-state index in [1.165, 1.54) is 6.07 Å². The van der Waals surface area contributed by atoms with Gasteiger partial charge in [-0.25, -0.2) is 0 Å². The average molecular weight is 231 g/mol. The van der Waals surface area contributed by atoms with Crippen LogP contribution in [0.15, 0.2) is 16.6 Å². The molecule has 0 bridgehead atoms. The quantitative estimate of drug-likeness (QED) is 0.698. The van der Waals surface area contributed by atoms with E-state index in [1.54, 1.807) is 6.07 Å². The first-order valence-corrected chi connectivity index (χ1v) is 3.97. The summed E-state index contributed by atoms with van der Waals surface area (Å²) in [7, 11) is 0. The summed E-state index contributed by atoms with van der Waals surface area (Å²) >= 11 is 8.85. The van der Waals surface area contributed by atoms with Crippen molar-refractivity contribution in [1.29, 1.82) is 5.26 Å². The molecule has 0 aliphatic rings. The summed E-state index contributed by atoms with van der Waals surface area (Å²) in [6, 6.07) is 5.12. The molecule has 0 saturated heterocycles. The first-order chi connectivity index (χ1) is 5.15. The molecule has 2 nitrogen and oxygen atoms in total. The van der Waals surface area contributed by atoms with Crippen molar-refractivity contribution >= 4 is 33.2 Å². The maximum absolute atomic E-state index is 8.55. The number of benzene rings is 1. The van der Waals surface area contributed by atoms with Crippen molar-refractivity contribution in [3.05, 3.63) is 27.2 Å². The van der Waals surface area contributed by atoms with Crippen LogP contribution in [0, 0.1) is 11.3 Å². The van der Waals surface area contributed by atoms with Gasteiger partial charge in [0.2, 0.25) is 0 Å². The Morgan fingerprint density at radius 2 is 2.18 bits per heavy atom. The predicted octanol–water partition coefficient (Wildman–Crippen LogP) is 2.56. The lowest BCUT2D eigenvalue weighted by Crippen LogP contribution is -1.87. The minimum Gasteiger partial charge on any atom is -0.397 e. The van der Waals surface area contributed by atoms with Gasteiger partial charge < -0.3 is 5.73 Å². The molecule has 56 valence electrons. The maximum atomic E-state index is 8.55. The molecule has 0 atom stereocenters. The molecule has 1 rings (SSSR count). The number of nitriles is 1. The molecule has 0 fully saturated rings. The van der Waals surface area contributed by atoms with E-state index in [9.17, 15) is 0 Å². The number of halogens is 2. The van der Waals surface area contributed by atoms with E-state index in [4.69, 9.17) is 22.6 Å². The molecule has 0 saturated carbocycles. The molecule has 11 heavy (non-hydrogen) atoms. The Kier molecular flexibility index (Phi) is 2.38. The fourth-order valence-electron chi connectivity index (χ4n) is 0.648. The second-order valence-corrected chi connectivity index (χ2v) is 3.23.